The molecule has 2 rings (SSSR count). The Balaban J connectivity index is 1.86. The first-order chi connectivity index (χ1) is 10.6. The molecule has 0 aliphatic heterocycles. The summed E-state index contributed by atoms with van der Waals surface area (Å²) in [5.74, 6) is -0.212. The van der Waals surface area contributed by atoms with Crippen LogP contribution in [0, 0.1) is 5.92 Å². The van der Waals surface area contributed by atoms with Crippen LogP contribution in [0.15, 0.2) is 26.8 Å². The third-order valence-corrected chi connectivity index (χ3v) is 3.23. The summed E-state index contributed by atoms with van der Waals surface area (Å²) in [6.45, 7) is 1.56. The molecular formula is C13H18N6O3. The monoisotopic (exact) mass is 306 g/mol. The maximum absolute atomic E-state index is 11.9. The third-order valence-electron chi connectivity index (χ3n) is 3.23. The Hall–Kier alpha value is -2.71. The van der Waals surface area contributed by atoms with Gasteiger partial charge in [-0.25, -0.2) is 15.3 Å². The molecule has 1 amide bonds. The van der Waals surface area contributed by atoms with E-state index in [2.05, 4.69) is 38.2 Å². The lowest BCUT2D eigenvalue weighted by Gasteiger charge is -2.13. The highest BCUT2D eigenvalue weighted by molar-refractivity contribution is 5.84. The van der Waals surface area contributed by atoms with Gasteiger partial charge < -0.3 is 5.32 Å². The highest BCUT2D eigenvalue weighted by Crippen LogP contribution is 2.15. The fourth-order valence-electron chi connectivity index (χ4n) is 1.97. The second kappa shape index (κ2) is 7.34. The smallest absolute Gasteiger partial charge is 0.342 e. The van der Waals surface area contributed by atoms with E-state index >= 15 is 0 Å². The van der Waals surface area contributed by atoms with Crippen molar-refractivity contribution in [1.29, 1.82) is 0 Å². The predicted molar refractivity (Wildman–Crippen MR) is 81.7 cm³/mol. The van der Waals surface area contributed by atoms with Gasteiger partial charge in [-0.1, -0.05) is 12.2 Å². The minimum absolute atomic E-state index is 0.136. The quantitative estimate of drug-likeness (QED) is 0.337. The zero-order valence-electron chi connectivity index (χ0n) is 12.1. The highest BCUT2D eigenvalue weighted by atomic mass is 16.2. The van der Waals surface area contributed by atoms with E-state index in [-0.39, 0.29) is 5.82 Å². The minimum Gasteiger partial charge on any atom is -0.353 e. The Morgan fingerprint density at radius 1 is 1.50 bits per heavy atom. The average molecular weight is 306 g/mol. The molecule has 1 aliphatic carbocycles. The van der Waals surface area contributed by atoms with Gasteiger partial charge in [-0.05, 0) is 32.1 Å². The lowest BCUT2D eigenvalue weighted by molar-refractivity contribution is -0.121. The summed E-state index contributed by atoms with van der Waals surface area (Å²) in [7, 11) is 0. The zero-order valence-corrected chi connectivity index (χ0v) is 12.1. The zero-order chi connectivity index (χ0) is 15.9. The summed E-state index contributed by atoms with van der Waals surface area (Å²) in [6, 6.07) is -0.733. The van der Waals surface area contributed by atoms with E-state index in [0.29, 0.717) is 5.92 Å². The van der Waals surface area contributed by atoms with E-state index in [4.69, 9.17) is 0 Å². The second-order valence-electron chi connectivity index (χ2n) is 5.02. The van der Waals surface area contributed by atoms with Gasteiger partial charge in [0.05, 0.1) is 0 Å². The Kier molecular flexibility index (Phi) is 5.23. The average Bonchev–Trinajstić information content (AvgIpc) is 2.51. The predicted octanol–water partition coefficient (Wildman–Crippen LogP) is -0.283. The van der Waals surface area contributed by atoms with Crippen LogP contribution in [0.25, 0.3) is 0 Å². The molecule has 1 aromatic heterocycles. The van der Waals surface area contributed by atoms with Crippen LogP contribution in [0.4, 0.5) is 5.82 Å². The maximum atomic E-state index is 11.9. The Morgan fingerprint density at radius 2 is 2.32 bits per heavy atom. The van der Waals surface area contributed by atoms with Crippen molar-refractivity contribution in [3.05, 3.63) is 33.0 Å². The summed E-state index contributed by atoms with van der Waals surface area (Å²) in [6.07, 6.45) is 8.90. The van der Waals surface area contributed by atoms with Crippen LogP contribution in [0.5, 0.6) is 0 Å². The number of carbonyl (C=O) groups excluding carboxylic acids is 1. The summed E-state index contributed by atoms with van der Waals surface area (Å²) < 4.78 is 0. The molecule has 0 spiro atoms. The van der Waals surface area contributed by atoms with E-state index in [9.17, 15) is 14.4 Å². The van der Waals surface area contributed by atoms with Gasteiger partial charge in [0.2, 0.25) is 5.82 Å². The van der Waals surface area contributed by atoms with Crippen LogP contribution in [-0.2, 0) is 4.79 Å². The van der Waals surface area contributed by atoms with Gasteiger partial charge in [-0.3, -0.25) is 14.6 Å². The van der Waals surface area contributed by atoms with E-state index in [1.54, 1.807) is 13.1 Å². The molecule has 0 fully saturated rings. The fourth-order valence-corrected chi connectivity index (χ4v) is 1.97. The van der Waals surface area contributed by atoms with Crippen LogP contribution < -0.4 is 22.0 Å². The van der Waals surface area contributed by atoms with Crippen LogP contribution in [0.3, 0.4) is 0 Å². The third kappa shape index (κ3) is 4.40. The van der Waals surface area contributed by atoms with Gasteiger partial charge in [0.15, 0.2) is 0 Å². The number of nitrogens with zero attached hydrogens (tertiary/aromatic N) is 2. The van der Waals surface area contributed by atoms with E-state index in [1.165, 1.54) is 0 Å². The molecule has 0 unspecified atom stereocenters. The van der Waals surface area contributed by atoms with Crippen molar-refractivity contribution in [2.24, 2.45) is 11.0 Å². The second-order valence-corrected chi connectivity index (χ2v) is 5.02. The molecule has 22 heavy (non-hydrogen) atoms. The number of hydrazone groups is 1. The molecule has 0 bridgehead atoms. The fraction of sp³-hybridized carbons (Fsp3) is 0.462. The number of H-pyrrole nitrogens is 2. The largest absolute Gasteiger partial charge is 0.353 e. The first-order valence-electron chi connectivity index (χ1n) is 7.00. The molecule has 9 nitrogen and oxygen atoms in total. The number of carbonyl (C=O) groups is 1. The van der Waals surface area contributed by atoms with Crippen LogP contribution in [0.2, 0.25) is 0 Å². The maximum Gasteiger partial charge on any atom is 0.342 e. The Labute approximate surface area is 125 Å². The van der Waals surface area contributed by atoms with E-state index < -0.39 is 23.2 Å². The van der Waals surface area contributed by atoms with E-state index in [1.807, 2.05) is 4.98 Å². The molecule has 0 aromatic carbocycles. The van der Waals surface area contributed by atoms with Crippen molar-refractivity contribution in [2.45, 2.75) is 32.2 Å². The van der Waals surface area contributed by atoms with Gasteiger partial charge in [0.25, 0.3) is 11.5 Å². The first-order valence-corrected chi connectivity index (χ1v) is 7.00. The molecular weight excluding hydrogens is 288 g/mol. The number of hydrogen-bond donors (Lipinski definition) is 4. The number of aromatic amines is 2. The van der Waals surface area contributed by atoms with Crippen molar-refractivity contribution in [1.82, 2.24) is 20.6 Å². The van der Waals surface area contributed by atoms with Gasteiger partial charge in [-0.15, -0.1) is 5.10 Å². The van der Waals surface area contributed by atoms with Crippen molar-refractivity contribution < 1.29 is 4.79 Å². The number of amides is 1. The molecule has 2 atom stereocenters. The number of allylic oxidation sites excluding steroid dienone is 2. The van der Waals surface area contributed by atoms with E-state index in [0.717, 1.165) is 19.3 Å². The standard InChI is InChI=1S/C13H18N6O3/c1-8(15-10-12(21)16-13(22)19-17-10)11(20)18-14-7-9-5-3-2-4-6-9/h2-3,7-9H,4-6H2,1H3,(H,15,17)(H,18,20)(H2,16,19,21,22)/b14-7-/t8-,9+/m0/s1. The van der Waals surface area contributed by atoms with Crippen LogP contribution in [-0.4, -0.2) is 33.3 Å². The molecule has 1 aromatic rings. The number of hydrogen-bond acceptors (Lipinski definition) is 6. The van der Waals surface area contributed by atoms with Gasteiger partial charge >= 0.3 is 5.69 Å². The van der Waals surface area contributed by atoms with Crippen molar-refractivity contribution >= 4 is 17.9 Å². The summed E-state index contributed by atoms with van der Waals surface area (Å²) in [5.41, 5.74) is 1.01. The molecule has 0 radical (unpaired) electrons. The first kappa shape index (κ1) is 15.7. The number of anilines is 1. The summed E-state index contributed by atoms with van der Waals surface area (Å²) in [4.78, 5) is 36.2. The van der Waals surface area contributed by atoms with Gasteiger partial charge in [-0.2, -0.15) is 5.10 Å². The number of rotatable bonds is 5. The summed E-state index contributed by atoms with van der Waals surface area (Å²) >= 11 is 0. The van der Waals surface area contributed by atoms with Crippen molar-refractivity contribution in [3.8, 4) is 0 Å². The molecule has 1 aliphatic rings. The Bertz CT molecular complexity index is 690. The molecule has 4 N–H and O–H groups in total. The Morgan fingerprint density at radius 3 is 3.00 bits per heavy atom. The molecule has 9 heteroatoms. The van der Waals surface area contributed by atoms with Crippen molar-refractivity contribution in [2.75, 3.05) is 5.32 Å². The van der Waals surface area contributed by atoms with Crippen LogP contribution in [0.1, 0.15) is 26.2 Å². The number of nitrogens with one attached hydrogen (secondary N) is 4. The molecule has 0 saturated carbocycles. The highest BCUT2D eigenvalue weighted by Gasteiger charge is 2.15. The molecule has 0 saturated heterocycles. The van der Waals surface area contributed by atoms with Crippen LogP contribution >= 0.6 is 0 Å². The number of aromatic nitrogens is 3. The van der Waals surface area contributed by atoms with Gasteiger partial charge in [0, 0.05) is 6.21 Å². The van der Waals surface area contributed by atoms with Crippen molar-refractivity contribution in [3.63, 3.8) is 0 Å². The lowest BCUT2D eigenvalue weighted by Crippen LogP contribution is -2.38. The molecule has 1 heterocycles. The minimum atomic E-state index is -0.733. The normalized spacial score (nSPS) is 19.0. The SMILES string of the molecule is C[C@H](Nc1n[nH]c(=O)[nH]c1=O)C(=O)N/N=C\[C@@H]1CC=CCC1. The lowest BCUT2D eigenvalue weighted by atomic mass is 9.96. The summed E-state index contributed by atoms with van der Waals surface area (Å²) in [5, 5.41) is 12.2. The molecule has 118 valence electrons. The topological polar surface area (TPSA) is 132 Å². The van der Waals surface area contributed by atoms with Gasteiger partial charge in [0.1, 0.15) is 6.04 Å².